The van der Waals surface area contributed by atoms with Gasteiger partial charge in [0.05, 0.1) is 0 Å². The Labute approximate surface area is 568 Å². The molecule has 458 valence electrons. The molecule has 0 unspecified atom stereocenters. The molecule has 0 aliphatic carbocycles. The maximum absolute atomic E-state index is 7.46. The van der Waals surface area contributed by atoms with Crippen LogP contribution in [-0.2, 0) is 0 Å². The van der Waals surface area contributed by atoms with Crippen LogP contribution < -0.4 is 0 Å². The minimum absolute atomic E-state index is 0.845. The van der Waals surface area contributed by atoms with Crippen LogP contribution in [0.2, 0.25) is 0 Å². The first-order valence-electron chi connectivity index (χ1n) is 34.4. The zero-order valence-corrected chi connectivity index (χ0v) is 53.5. The van der Waals surface area contributed by atoms with E-state index in [0.29, 0.717) is 0 Å². The van der Waals surface area contributed by atoms with Crippen molar-refractivity contribution in [2.75, 3.05) is 0 Å². The molecule has 4 heterocycles. The van der Waals surface area contributed by atoms with Gasteiger partial charge in [0.2, 0.25) is 0 Å². The van der Waals surface area contributed by atoms with Crippen LogP contribution >= 0.6 is 0 Å². The number of fused-ring (bicyclic) bond motifs is 24. The van der Waals surface area contributed by atoms with Crippen molar-refractivity contribution in [2.24, 2.45) is 0 Å². The van der Waals surface area contributed by atoms with E-state index >= 15 is 0 Å². The molecule has 100 heavy (non-hydrogen) atoms. The van der Waals surface area contributed by atoms with E-state index in [9.17, 15) is 0 Å². The maximum atomic E-state index is 7.46. The molecule has 0 saturated carbocycles. The van der Waals surface area contributed by atoms with E-state index in [1.807, 2.05) is 0 Å². The molecule has 24 aromatic rings. The molecule has 0 bridgehead atoms. The van der Waals surface area contributed by atoms with Gasteiger partial charge in [0, 0.05) is 65.3 Å². The van der Waals surface area contributed by atoms with Gasteiger partial charge < -0.3 is 17.7 Å². The molecule has 4 heteroatoms. The third-order valence-corrected chi connectivity index (χ3v) is 22.4. The zero-order chi connectivity index (χ0) is 64.7. The second-order valence-corrected chi connectivity index (χ2v) is 27.6. The standard InChI is InChI=1S/C96H50O4/c1-5-21-55-45-83-79(37-51(55)17-1)89-63-29-13-9-25-59(63)41-75(93(89)97-83)71-49-72(76-42-60-26-10-14-30-64(60)90-80-38-52-18-2-6-22-56(52)46-84(80)98-94(76)90)68-35-36-70-74(78-44-62-28-12-16-32-66(62)92-82-40-54-20-4-8-24-58(54)48-86(82)100-96(78)92)50-73(69-34-33-67(71)87(68)88(69)70)77-43-61-27-11-15-31-65(61)91-81-39-53-19-3-7-23-57(53)47-85(81)99-95(77)91/h1-50H. The first-order chi connectivity index (χ1) is 49.5. The monoisotopic (exact) mass is 1270 g/mol. The van der Waals surface area contributed by atoms with Gasteiger partial charge in [-0.05, 0) is 226 Å². The average molecular weight is 1270 g/mol. The van der Waals surface area contributed by atoms with Crippen LogP contribution in [-0.4, -0.2) is 0 Å². The predicted octanol–water partition coefficient (Wildman–Crippen LogP) is 28.1. The maximum Gasteiger partial charge on any atom is 0.143 e. The SMILES string of the molecule is c1ccc2cc3c(cc2c1)oc1c(-c2cc(-c4cc5ccccc5c5c4oc4cc6ccccc6cc45)c4ccc5c(-c6cc7ccccc7c7c6oc6cc8ccccc8cc67)cc(-c6cc7ccccc7c7c6oc6cc8ccccc8cc67)c6ccc2c4c65)cc2ccccc2c13. The number of hydrogen-bond donors (Lipinski definition) is 0. The van der Waals surface area contributed by atoms with Crippen LogP contribution in [0.4, 0.5) is 0 Å². The molecular formula is C96H50O4. The Morgan fingerprint density at radius 2 is 0.330 bits per heavy atom. The molecule has 24 rings (SSSR count). The Bertz CT molecular complexity index is 6920. The minimum Gasteiger partial charge on any atom is -0.455 e. The minimum atomic E-state index is 0.845. The summed E-state index contributed by atoms with van der Waals surface area (Å²) < 4.78 is 29.8. The molecule has 0 saturated heterocycles. The van der Waals surface area contributed by atoms with Crippen molar-refractivity contribution in [2.45, 2.75) is 0 Å². The highest BCUT2D eigenvalue weighted by Gasteiger charge is 2.29. The summed E-state index contributed by atoms with van der Waals surface area (Å²) in [5, 5.41) is 33.8. The number of benzene rings is 20. The number of rotatable bonds is 4. The first-order valence-corrected chi connectivity index (χ1v) is 34.4. The van der Waals surface area contributed by atoms with E-state index in [4.69, 9.17) is 17.7 Å². The molecule has 0 radical (unpaired) electrons. The Morgan fingerprint density at radius 3 is 0.560 bits per heavy atom. The van der Waals surface area contributed by atoms with Gasteiger partial charge in [-0.15, -0.1) is 0 Å². The van der Waals surface area contributed by atoms with E-state index in [1.165, 1.54) is 21.5 Å². The van der Waals surface area contributed by atoms with Gasteiger partial charge in [-0.2, -0.15) is 0 Å². The highest BCUT2D eigenvalue weighted by Crippen LogP contribution is 2.56. The molecule has 20 aromatic carbocycles. The lowest BCUT2D eigenvalue weighted by atomic mass is 9.80. The Morgan fingerprint density at radius 1 is 0.130 bits per heavy atom. The van der Waals surface area contributed by atoms with E-state index in [2.05, 4.69) is 303 Å². The molecular weight excluding hydrogens is 1220 g/mol. The fourth-order valence-corrected chi connectivity index (χ4v) is 17.9. The van der Waals surface area contributed by atoms with Gasteiger partial charge in [-0.1, -0.05) is 218 Å². The predicted molar refractivity (Wildman–Crippen MR) is 421 cm³/mol. The van der Waals surface area contributed by atoms with E-state index < -0.39 is 0 Å². The van der Waals surface area contributed by atoms with Crippen LogP contribution in [0.1, 0.15) is 0 Å². The topological polar surface area (TPSA) is 52.6 Å². The Balaban J connectivity index is 0.909. The van der Waals surface area contributed by atoms with Gasteiger partial charge in [0.1, 0.15) is 44.7 Å². The highest BCUT2D eigenvalue weighted by atomic mass is 16.3. The van der Waals surface area contributed by atoms with E-state index in [-0.39, 0.29) is 0 Å². The second-order valence-electron chi connectivity index (χ2n) is 27.6. The summed E-state index contributed by atoms with van der Waals surface area (Å²) in [7, 11) is 0. The zero-order valence-electron chi connectivity index (χ0n) is 53.5. The van der Waals surface area contributed by atoms with Crippen LogP contribution in [0.25, 0.3) is 251 Å². The van der Waals surface area contributed by atoms with Crippen LogP contribution in [0, 0.1) is 0 Å². The van der Waals surface area contributed by atoms with Crippen LogP contribution in [0.15, 0.2) is 321 Å². The summed E-state index contributed by atoms with van der Waals surface area (Å²) in [4.78, 5) is 0. The lowest BCUT2D eigenvalue weighted by Crippen LogP contribution is -1.95. The van der Waals surface area contributed by atoms with Crippen molar-refractivity contribution < 1.29 is 17.7 Å². The molecule has 0 fully saturated rings. The second kappa shape index (κ2) is 19.3. The van der Waals surface area contributed by atoms with Crippen LogP contribution in [0.3, 0.4) is 0 Å². The molecule has 0 spiro atoms. The molecule has 0 N–H and O–H groups in total. The average Bonchev–Trinajstić information content (AvgIpc) is 0.981. The van der Waals surface area contributed by atoms with E-state index in [1.54, 1.807) is 0 Å². The molecule has 0 aliphatic rings. The Kier molecular flexibility index (Phi) is 10.2. The third-order valence-electron chi connectivity index (χ3n) is 22.4. The van der Waals surface area contributed by atoms with Crippen molar-refractivity contribution in [3.63, 3.8) is 0 Å². The van der Waals surface area contributed by atoms with Gasteiger partial charge in [0.15, 0.2) is 0 Å². The largest absolute Gasteiger partial charge is 0.455 e. The van der Waals surface area contributed by atoms with Crippen molar-refractivity contribution >= 4 is 206 Å². The lowest BCUT2D eigenvalue weighted by molar-refractivity contribution is 0.670. The van der Waals surface area contributed by atoms with Crippen molar-refractivity contribution in [3.05, 3.63) is 303 Å². The summed E-state index contributed by atoms with van der Waals surface area (Å²) >= 11 is 0. The normalized spacial score (nSPS) is 12.6. The summed E-state index contributed by atoms with van der Waals surface area (Å²) in [6.07, 6.45) is 0. The highest BCUT2D eigenvalue weighted by molar-refractivity contribution is 6.37. The molecule has 4 nitrogen and oxygen atoms in total. The van der Waals surface area contributed by atoms with Gasteiger partial charge >= 0.3 is 0 Å². The van der Waals surface area contributed by atoms with E-state index in [0.717, 1.165) is 229 Å². The lowest BCUT2D eigenvalue weighted by Gasteiger charge is -2.22. The summed E-state index contributed by atoms with van der Waals surface area (Å²) in [5.41, 5.74) is 15.1. The molecule has 0 atom stereocenters. The number of furan rings is 4. The molecule has 0 aliphatic heterocycles. The third kappa shape index (κ3) is 7.12. The first kappa shape index (κ1) is 52.9. The quantitative estimate of drug-likeness (QED) is 0.165. The molecule has 0 amide bonds. The van der Waals surface area contributed by atoms with Gasteiger partial charge in [-0.3, -0.25) is 0 Å². The fourth-order valence-electron chi connectivity index (χ4n) is 17.9. The van der Waals surface area contributed by atoms with Crippen molar-refractivity contribution in [1.29, 1.82) is 0 Å². The van der Waals surface area contributed by atoms with Gasteiger partial charge in [0.25, 0.3) is 0 Å². The fraction of sp³-hybridized carbons (Fsp3) is 0. The van der Waals surface area contributed by atoms with Crippen LogP contribution in [0.5, 0.6) is 0 Å². The molecule has 4 aromatic heterocycles. The summed E-state index contributed by atoms with van der Waals surface area (Å²) in [5.74, 6) is 0. The van der Waals surface area contributed by atoms with Crippen molar-refractivity contribution in [3.8, 4) is 44.5 Å². The Hall–Kier alpha value is -13.3. The van der Waals surface area contributed by atoms with Crippen molar-refractivity contribution in [1.82, 2.24) is 0 Å². The number of hydrogen-bond acceptors (Lipinski definition) is 4. The van der Waals surface area contributed by atoms with Gasteiger partial charge in [-0.25, -0.2) is 0 Å². The summed E-state index contributed by atoms with van der Waals surface area (Å²) in [6, 6.07) is 112. The smallest absolute Gasteiger partial charge is 0.143 e. The summed E-state index contributed by atoms with van der Waals surface area (Å²) in [6.45, 7) is 0.